The zero-order valence-corrected chi connectivity index (χ0v) is 16.3. The normalized spacial score (nSPS) is 12.4. The number of benzene rings is 2. The van der Waals surface area contributed by atoms with Crippen molar-refractivity contribution in [3.05, 3.63) is 53.6 Å². The maximum absolute atomic E-state index is 12.4. The summed E-state index contributed by atoms with van der Waals surface area (Å²) in [5.74, 6) is 1.93. The van der Waals surface area contributed by atoms with Gasteiger partial charge in [0.1, 0.15) is 19.0 Å². The molecule has 0 aliphatic carbocycles. The molecule has 0 fully saturated rings. The fourth-order valence-corrected chi connectivity index (χ4v) is 2.99. The van der Waals surface area contributed by atoms with Gasteiger partial charge in [-0.05, 0) is 42.3 Å². The van der Waals surface area contributed by atoms with Crippen LogP contribution in [0.1, 0.15) is 28.8 Å². The molecule has 0 unspecified atom stereocenters. The van der Waals surface area contributed by atoms with Crippen molar-refractivity contribution in [3.63, 3.8) is 0 Å². The molecule has 2 aromatic rings. The van der Waals surface area contributed by atoms with Gasteiger partial charge in [0.05, 0.1) is 7.11 Å². The van der Waals surface area contributed by atoms with Crippen molar-refractivity contribution in [2.45, 2.75) is 19.3 Å². The quantitative estimate of drug-likeness (QED) is 0.656. The Morgan fingerprint density at radius 2 is 1.71 bits per heavy atom. The maximum Gasteiger partial charge on any atom is 0.222 e. The number of amides is 1. The molecular weight excluding hydrogens is 358 g/mol. The van der Waals surface area contributed by atoms with E-state index in [1.165, 1.54) is 0 Å². The van der Waals surface area contributed by atoms with Gasteiger partial charge < -0.3 is 19.1 Å². The Bertz CT molecular complexity index is 831. The van der Waals surface area contributed by atoms with E-state index in [1.54, 1.807) is 37.3 Å². The van der Waals surface area contributed by atoms with E-state index < -0.39 is 0 Å². The summed E-state index contributed by atoms with van der Waals surface area (Å²) in [6.45, 7) is 1.59. The molecule has 0 bridgehead atoms. The van der Waals surface area contributed by atoms with Gasteiger partial charge in [0.25, 0.3) is 0 Å². The molecule has 148 valence electrons. The minimum atomic E-state index is -0.0751. The fraction of sp³-hybridized carbons (Fsp3) is 0.364. The molecule has 1 amide bonds. The van der Waals surface area contributed by atoms with Gasteiger partial charge in [-0.2, -0.15) is 0 Å². The van der Waals surface area contributed by atoms with Gasteiger partial charge in [-0.1, -0.05) is 12.1 Å². The van der Waals surface area contributed by atoms with Crippen LogP contribution in [0.2, 0.25) is 0 Å². The third kappa shape index (κ3) is 5.03. The Balaban J connectivity index is 1.46. The summed E-state index contributed by atoms with van der Waals surface area (Å²) in [5, 5.41) is 0. The van der Waals surface area contributed by atoms with Crippen molar-refractivity contribution >= 4 is 11.7 Å². The minimum Gasteiger partial charge on any atom is -0.497 e. The SMILES string of the molecule is COc1ccc(CCN(C)C(=O)CCC(=O)c2ccc3c(c2)OCCO3)cc1. The van der Waals surface area contributed by atoms with Crippen LogP contribution >= 0.6 is 0 Å². The van der Waals surface area contributed by atoms with Crippen molar-refractivity contribution in [1.82, 2.24) is 4.90 Å². The molecule has 1 heterocycles. The molecule has 6 heteroatoms. The van der Waals surface area contributed by atoms with Gasteiger partial charge in [-0.3, -0.25) is 9.59 Å². The van der Waals surface area contributed by atoms with E-state index in [0.29, 0.717) is 36.8 Å². The van der Waals surface area contributed by atoms with Crippen LogP contribution in [0.25, 0.3) is 0 Å². The summed E-state index contributed by atoms with van der Waals surface area (Å²) in [5.41, 5.74) is 1.67. The molecular formula is C22H25NO5. The number of likely N-dealkylation sites (N-methyl/N-ethyl adjacent to an activating group) is 1. The zero-order chi connectivity index (χ0) is 19.9. The van der Waals surface area contributed by atoms with Crippen molar-refractivity contribution in [3.8, 4) is 17.2 Å². The molecule has 0 saturated carbocycles. The van der Waals surface area contributed by atoms with E-state index in [1.807, 2.05) is 24.3 Å². The number of nitrogens with zero attached hydrogens (tertiary/aromatic N) is 1. The third-order valence-corrected chi connectivity index (χ3v) is 4.75. The molecule has 0 aromatic heterocycles. The number of carbonyl (C=O) groups excluding carboxylic acids is 2. The topological polar surface area (TPSA) is 65.1 Å². The van der Waals surface area contributed by atoms with Crippen molar-refractivity contribution in [2.75, 3.05) is 33.9 Å². The lowest BCUT2D eigenvalue weighted by Crippen LogP contribution is -2.29. The number of ketones is 1. The highest BCUT2D eigenvalue weighted by Crippen LogP contribution is 2.31. The molecule has 0 saturated heterocycles. The first kappa shape index (κ1) is 19.7. The smallest absolute Gasteiger partial charge is 0.222 e. The average molecular weight is 383 g/mol. The second-order valence-electron chi connectivity index (χ2n) is 6.69. The van der Waals surface area contributed by atoms with E-state index in [0.717, 1.165) is 17.7 Å². The van der Waals surface area contributed by atoms with Crippen LogP contribution < -0.4 is 14.2 Å². The van der Waals surface area contributed by atoms with Gasteiger partial charge in [-0.25, -0.2) is 0 Å². The van der Waals surface area contributed by atoms with E-state index in [-0.39, 0.29) is 24.5 Å². The largest absolute Gasteiger partial charge is 0.497 e. The lowest BCUT2D eigenvalue weighted by atomic mass is 10.1. The Morgan fingerprint density at radius 3 is 2.43 bits per heavy atom. The maximum atomic E-state index is 12.4. The average Bonchev–Trinajstić information content (AvgIpc) is 2.75. The van der Waals surface area contributed by atoms with Gasteiger partial charge >= 0.3 is 0 Å². The Labute approximate surface area is 165 Å². The summed E-state index contributed by atoms with van der Waals surface area (Å²) in [7, 11) is 3.40. The Morgan fingerprint density at radius 1 is 1.00 bits per heavy atom. The van der Waals surface area contributed by atoms with Crippen LogP contribution in [0.3, 0.4) is 0 Å². The number of hydrogen-bond donors (Lipinski definition) is 0. The van der Waals surface area contributed by atoms with Crippen LogP contribution in [0.4, 0.5) is 0 Å². The van der Waals surface area contributed by atoms with Gasteiger partial charge in [0.15, 0.2) is 17.3 Å². The highest BCUT2D eigenvalue weighted by molar-refractivity contribution is 5.98. The lowest BCUT2D eigenvalue weighted by molar-refractivity contribution is -0.129. The number of fused-ring (bicyclic) bond motifs is 1. The fourth-order valence-electron chi connectivity index (χ4n) is 2.99. The Kier molecular flexibility index (Phi) is 6.53. The first-order valence-corrected chi connectivity index (χ1v) is 9.36. The van der Waals surface area contributed by atoms with Crippen molar-refractivity contribution < 1.29 is 23.8 Å². The first-order chi connectivity index (χ1) is 13.6. The van der Waals surface area contributed by atoms with Crippen LogP contribution in [0, 0.1) is 0 Å². The van der Waals surface area contributed by atoms with E-state index in [4.69, 9.17) is 14.2 Å². The molecule has 0 radical (unpaired) electrons. The molecule has 3 rings (SSSR count). The predicted octanol–water partition coefficient (Wildman–Crippen LogP) is 3.13. The summed E-state index contributed by atoms with van der Waals surface area (Å²) >= 11 is 0. The standard InChI is InChI=1S/C22H25NO5/c1-23(12-11-16-3-6-18(26-2)7-4-16)22(25)10-8-19(24)17-5-9-20-21(15-17)28-14-13-27-20/h3-7,9,15H,8,10-14H2,1-2H3. The third-order valence-electron chi connectivity index (χ3n) is 4.75. The number of Topliss-reactive ketones (excluding diaryl/α,β-unsaturated/α-hetero) is 1. The van der Waals surface area contributed by atoms with Crippen LogP contribution in [0.15, 0.2) is 42.5 Å². The highest BCUT2D eigenvalue weighted by Gasteiger charge is 2.17. The molecule has 1 aliphatic heterocycles. The molecule has 2 aromatic carbocycles. The van der Waals surface area contributed by atoms with Crippen molar-refractivity contribution in [2.24, 2.45) is 0 Å². The van der Waals surface area contributed by atoms with Gasteiger partial charge in [-0.15, -0.1) is 0 Å². The number of carbonyl (C=O) groups is 2. The van der Waals surface area contributed by atoms with Crippen LogP contribution in [-0.2, 0) is 11.2 Å². The van der Waals surface area contributed by atoms with E-state index in [2.05, 4.69) is 0 Å². The van der Waals surface area contributed by atoms with Crippen molar-refractivity contribution in [1.29, 1.82) is 0 Å². The molecule has 0 N–H and O–H groups in total. The number of methoxy groups -OCH3 is 1. The second-order valence-corrected chi connectivity index (χ2v) is 6.69. The number of rotatable bonds is 8. The summed E-state index contributed by atoms with van der Waals surface area (Å²) in [6.07, 6.45) is 1.11. The zero-order valence-electron chi connectivity index (χ0n) is 16.3. The Hall–Kier alpha value is -3.02. The van der Waals surface area contributed by atoms with Gasteiger partial charge in [0.2, 0.25) is 5.91 Å². The minimum absolute atomic E-state index is 0.0422. The summed E-state index contributed by atoms with van der Waals surface area (Å²) in [4.78, 5) is 26.4. The highest BCUT2D eigenvalue weighted by atomic mass is 16.6. The molecule has 28 heavy (non-hydrogen) atoms. The summed E-state index contributed by atoms with van der Waals surface area (Å²) in [6, 6.07) is 12.9. The first-order valence-electron chi connectivity index (χ1n) is 9.36. The van der Waals surface area contributed by atoms with E-state index >= 15 is 0 Å². The summed E-state index contributed by atoms with van der Waals surface area (Å²) < 4.78 is 16.1. The lowest BCUT2D eigenvalue weighted by Gasteiger charge is -2.19. The number of ether oxygens (including phenoxy) is 3. The van der Waals surface area contributed by atoms with E-state index in [9.17, 15) is 9.59 Å². The monoisotopic (exact) mass is 383 g/mol. The molecule has 6 nitrogen and oxygen atoms in total. The second kappa shape index (κ2) is 9.26. The predicted molar refractivity (Wildman–Crippen MR) is 105 cm³/mol. The van der Waals surface area contributed by atoms with Crippen LogP contribution in [-0.4, -0.2) is 50.5 Å². The van der Waals surface area contributed by atoms with Gasteiger partial charge in [0, 0.05) is 32.0 Å². The number of hydrogen-bond acceptors (Lipinski definition) is 5. The van der Waals surface area contributed by atoms with Crippen LogP contribution in [0.5, 0.6) is 17.2 Å². The molecule has 0 atom stereocenters. The molecule has 0 spiro atoms. The molecule has 1 aliphatic rings.